The lowest BCUT2D eigenvalue weighted by Crippen LogP contribution is -2.12. The summed E-state index contributed by atoms with van der Waals surface area (Å²) in [6, 6.07) is 6.29. The predicted octanol–water partition coefficient (Wildman–Crippen LogP) is 1.38. The molecule has 1 aromatic heterocycles. The van der Waals surface area contributed by atoms with E-state index in [1.165, 1.54) is 0 Å². The molecule has 0 amide bonds. The van der Waals surface area contributed by atoms with Crippen molar-refractivity contribution in [1.29, 1.82) is 0 Å². The largest absolute Gasteiger partial charge is 0.480 e. The van der Waals surface area contributed by atoms with Gasteiger partial charge in [-0.1, -0.05) is 28.9 Å². The third kappa shape index (κ3) is 2.71. The molecule has 0 saturated carbocycles. The first kappa shape index (κ1) is 13.0. The van der Waals surface area contributed by atoms with Crippen molar-refractivity contribution in [3.05, 3.63) is 35.0 Å². The standard InChI is InChI=1S/C11H8ClN3O4/c12-7-3-1-6(2-4-7)10-9(11(18)19)13-14-15(10)5-8(16)17/h1-4H,5H2,(H,16,17)(H,18,19). The van der Waals surface area contributed by atoms with Crippen molar-refractivity contribution in [2.45, 2.75) is 6.54 Å². The van der Waals surface area contributed by atoms with Gasteiger partial charge in [0.05, 0.1) is 0 Å². The first-order chi connectivity index (χ1) is 8.99. The molecular weight excluding hydrogens is 274 g/mol. The van der Waals surface area contributed by atoms with Gasteiger partial charge in [-0.15, -0.1) is 5.10 Å². The van der Waals surface area contributed by atoms with Crippen LogP contribution in [0.1, 0.15) is 10.5 Å². The monoisotopic (exact) mass is 281 g/mol. The van der Waals surface area contributed by atoms with Crippen LogP contribution in [0, 0.1) is 0 Å². The lowest BCUT2D eigenvalue weighted by molar-refractivity contribution is -0.137. The zero-order chi connectivity index (χ0) is 14.0. The summed E-state index contributed by atoms with van der Waals surface area (Å²) in [7, 11) is 0. The molecule has 2 aromatic rings. The van der Waals surface area contributed by atoms with Crippen molar-refractivity contribution in [2.24, 2.45) is 0 Å². The highest BCUT2D eigenvalue weighted by Crippen LogP contribution is 2.24. The van der Waals surface area contributed by atoms with E-state index < -0.39 is 18.5 Å². The summed E-state index contributed by atoms with van der Waals surface area (Å²) in [6.07, 6.45) is 0. The number of carbonyl (C=O) groups is 2. The number of halogens is 1. The molecule has 19 heavy (non-hydrogen) atoms. The second kappa shape index (κ2) is 5.07. The van der Waals surface area contributed by atoms with Crippen molar-refractivity contribution in [3.8, 4) is 11.3 Å². The number of hydrogen-bond acceptors (Lipinski definition) is 4. The number of nitrogens with zero attached hydrogens (tertiary/aromatic N) is 3. The molecule has 0 radical (unpaired) electrons. The van der Waals surface area contributed by atoms with E-state index in [0.29, 0.717) is 10.6 Å². The molecular formula is C11H8ClN3O4. The second-order valence-corrected chi connectivity index (χ2v) is 4.09. The minimum Gasteiger partial charge on any atom is -0.480 e. The van der Waals surface area contributed by atoms with E-state index in [1.807, 2.05) is 0 Å². The summed E-state index contributed by atoms with van der Waals surface area (Å²) >= 11 is 5.75. The molecule has 1 heterocycles. The predicted molar refractivity (Wildman–Crippen MR) is 65.1 cm³/mol. The van der Waals surface area contributed by atoms with Gasteiger partial charge >= 0.3 is 11.9 Å². The quantitative estimate of drug-likeness (QED) is 0.877. The fourth-order valence-electron chi connectivity index (χ4n) is 1.59. The molecule has 0 aliphatic carbocycles. The smallest absolute Gasteiger partial charge is 0.358 e. The summed E-state index contributed by atoms with van der Waals surface area (Å²) < 4.78 is 1.02. The van der Waals surface area contributed by atoms with Gasteiger partial charge in [-0.05, 0) is 12.1 Å². The zero-order valence-electron chi connectivity index (χ0n) is 9.45. The van der Waals surface area contributed by atoms with Gasteiger partial charge in [-0.2, -0.15) is 0 Å². The summed E-state index contributed by atoms with van der Waals surface area (Å²) in [6.45, 7) is -0.474. The van der Waals surface area contributed by atoms with Crippen LogP contribution in [0.15, 0.2) is 24.3 Å². The number of benzene rings is 1. The average molecular weight is 282 g/mol. The summed E-state index contributed by atoms with van der Waals surface area (Å²) in [4.78, 5) is 21.8. The van der Waals surface area contributed by atoms with Crippen LogP contribution >= 0.6 is 11.6 Å². The Bertz CT molecular complexity index is 636. The second-order valence-electron chi connectivity index (χ2n) is 3.65. The van der Waals surface area contributed by atoms with Crippen molar-refractivity contribution in [1.82, 2.24) is 15.0 Å². The molecule has 8 heteroatoms. The number of carboxylic acids is 2. The molecule has 0 unspecified atom stereocenters. The third-order valence-electron chi connectivity index (χ3n) is 2.34. The van der Waals surface area contributed by atoms with Gasteiger partial charge in [-0.25, -0.2) is 9.48 Å². The fourth-order valence-corrected chi connectivity index (χ4v) is 1.72. The number of carboxylic acid groups (broad SMARTS) is 2. The minimum absolute atomic E-state index is 0.131. The van der Waals surface area contributed by atoms with Crippen molar-refractivity contribution in [3.63, 3.8) is 0 Å². The van der Waals surface area contributed by atoms with Gasteiger partial charge in [0.2, 0.25) is 0 Å². The third-order valence-corrected chi connectivity index (χ3v) is 2.59. The number of aromatic nitrogens is 3. The first-order valence-corrected chi connectivity index (χ1v) is 5.51. The zero-order valence-corrected chi connectivity index (χ0v) is 10.2. The maximum absolute atomic E-state index is 11.1. The Morgan fingerprint density at radius 2 is 1.84 bits per heavy atom. The highest BCUT2D eigenvalue weighted by atomic mass is 35.5. The molecule has 0 fully saturated rings. The number of rotatable bonds is 4. The van der Waals surface area contributed by atoms with Gasteiger partial charge in [-0.3, -0.25) is 4.79 Å². The van der Waals surface area contributed by atoms with Crippen LogP contribution < -0.4 is 0 Å². The molecule has 98 valence electrons. The molecule has 1 aromatic carbocycles. The normalized spacial score (nSPS) is 10.4. The Balaban J connectivity index is 2.57. The summed E-state index contributed by atoms with van der Waals surface area (Å²) in [5.74, 6) is -2.42. The van der Waals surface area contributed by atoms with Crippen LogP contribution in [-0.2, 0) is 11.3 Å². The van der Waals surface area contributed by atoms with Crippen LogP contribution in [-0.4, -0.2) is 37.1 Å². The van der Waals surface area contributed by atoms with Gasteiger partial charge in [0, 0.05) is 10.6 Å². The van der Waals surface area contributed by atoms with Gasteiger partial charge in [0.1, 0.15) is 12.2 Å². The van der Waals surface area contributed by atoms with E-state index in [-0.39, 0.29) is 11.4 Å². The van der Waals surface area contributed by atoms with Gasteiger partial charge in [0.25, 0.3) is 0 Å². The molecule has 0 aliphatic rings. The van der Waals surface area contributed by atoms with Crippen molar-refractivity contribution >= 4 is 23.5 Å². The Morgan fingerprint density at radius 3 is 2.37 bits per heavy atom. The van der Waals surface area contributed by atoms with E-state index in [4.69, 9.17) is 21.8 Å². The molecule has 2 rings (SSSR count). The van der Waals surface area contributed by atoms with Crippen molar-refractivity contribution in [2.75, 3.05) is 0 Å². The van der Waals surface area contributed by atoms with Gasteiger partial charge in [0.15, 0.2) is 5.69 Å². The van der Waals surface area contributed by atoms with Crippen LogP contribution in [0.2, 0.25) is 5.02 Å². The Labute approximate surface area is 112 Å². The molecule has 7 nitrogen and oxygen atoms in total. The number of aromatic carboxylic acids is 1. The molecule has 2 N–H and O–H groups in total. The highest BCUT2D eigenvalue weighted by Gasteiger charge is 2.21. The Kier molecular flexibility index (Phi) is 3.48. The van der Waals surface area contributed by atoms with E-state index >= 15 is 0 Å². The number of hydrogen-bond donors (Lipinski definition) is 2. The van der Waals surface area contributed by atoms with E-state index in [2.05, 4.69) is 10.3 Å². The first-order valence-electron chi connectivity index (χ1n) is 5.13. The lowest BCUT2D eigenvalue weighted by Gasteiger charge is -2.05. The SMILES string of the molecule is O=C(O)Cn1nnc(C(=O)O)c1-c1ccc(Cl)cc1. The van der Waals surface area contributed by atoms with Crippen LogP contribution in [0.5, 0.6) is 0 Å². The minimum atomic E-state index is -1.28. The van der Waals surface area contributed by atoms with E-state index in [0.717, 1.165) is 4.68 Å². The van der Waals surface area contributed by atoms with Crippen molar-refractivity contribution < 1.29 is 19.8 Å². The highest BCUT2D eigenvalue weighted by molar-refractivity contribution is 6.30. The van der Waals surface area contributed by atoms with Crippen LogP contribution in [0.4, 0.5) is 0 Å². The summed E-state index contributed by atoms with van der Waals surface area (Å²) in [5.41, 5.74) is 0.309. The average Bonchev–Trinajstić information content (AvgIpc) is 2.73. The maximum atomic E-state index is 11.1. The maximum Gasteiger partial charge on any atom is 0.358 e. The topological polar surface area (TPSA) is 105 Å². The van der Waals surface area contributed by atoms with E-state index in [9.17, 15) is 9.59 Å². The number of aliphatic carboxylic acids is 1. The molecule has 0 aliphatic heterocycles. The molecule has 0 spiro atoms. The molecule has 0 atom stereocenters. The Hall–Kier alpha value is -2.41. The van der Waals surface area contributed by atoms with Crippen LogP contribution in [0.25, 0.3) is 11.3 Å². The van der Waals surface area contributed by atoms with E-state index in [1.54, 1.807) is 24.3 Å². The summed E-state index contributed by atoms with van der Waals surface area (Å²) in [5, 5.41) is 25.3. The lowest BCUT2D eigenvalue weighted by atomic mass is 10.1. The van der Waals surface area contributed by atoms with Crippen LogP contribution in [0.3, 0.4) is 0 Å². The Morgan fingerprint density at radius 1 is 1.21 bits per heavy atom. The molecule has 0 saturated heterocycles. The van der Waals surface area contributed by atoms with Gasteiger partial charge < -0.3 is 10.2 Å². The molecule has 0 bridgehead atoms. The fraction of sp³-hybridized carbons (Fsp3) is 0.0909.